The van der Waals surface area contributed by atoms with Crippen LogP contribution in [-0.4, -0.2) is 45.4 Å². The van der Waals surface area contributed by atoms with Gasteiger partial charge < -0.3 is 19.5 Å². The van der Waals surface area contributed by atoms with Crippen molar-refractivity contribution in [3.63, 3.8) is 0 Å². The SMILES string of the molecule is CC1Oc2ccccc2OC1C(=O)OCC(=O)Nc1ccc(S(C)(=O)=O)cc1. The van der Waals surface area contributed by atoms with Crippen LogP contribution in [0.3, 0.4) is 0 Å². The maximum atomic E-state index is 12.3. The highest BCUT2D eigenvalue weighted by Gasteiger charge is 2.35. The number of fused-ring (bicyclic) bond motifs is 1. The minimum absolute atomic E-state index is 0.139. The Morgan fingerprint density at radius 3 is 2.25 bits per heavy atom. The number of benzene rings is 2. The zero-order valence-electron chi connectivity index (χ0n) is 15.2. The van der Waals surface area contributed by atoms with Crippen LogP contribution in [0.15, 0.2) is 53.4 Å². The second kappa shape index (κ2) is 7.89. The summed E-state index contributed by atoms with van der Waals surface area (Å²) >= 11 is 0. The van der Waals surface area contributed by atoms with Crippen molar-refractivity contribution in [1.29, 1.82) is 0 Å². The van der Waals surface area contributed by atoms with Crippen molar-refractivity contribution < 1.29 is 32.2 Å². The third kappa shape index (κ3) is 4.61. The van der Waals surface area contributed by atoms with Crippen LogP contribution in [0.25, 0.3) is 0 Å². The average Bonchev–Trinajstić information content (AvgIpc) is 2.65. The molecule has 1 amide bonds. The van der Waals surface area contributed by atoms with E-state index in [1.807, 2.05) is 0 Å². The number of carbonyl (C=O) groups is 2. The number of para-hydroxylation sites is 2. The first-order chi connectivity index (χ1) is 13.2. The molecule has 9 heteroatoms. The Morgan fingerprint density at radius 2 is 1.64 bits per heavy atom. The summed E-state index contributed by atoms with van der Waals surface area (Å²) in [5.41, 5.74) is 0.382. The van der Waals surface area contributed by atoms with Crippen molar-refractivity contribution in [3.8, 4) is 11.5 Å². The van der Waals surface area contributed by atoms with Crippen molar-refractivity contribution in [3.05, 3.63) is 48.5 Å². The van der Waals surface area contributed by atoms with Crippen LogP contribution >= 0.6 is 0 Å². The number of rotatable bonds is 5. The zero-order valence-corrected chi connectivity index (χ0v) is 16.1. The van der Waals surface area contributed by atoms with Gasteiger partial charge in [0.15, 0.2) is 27.9 Å². The van der Waals surface area contributed by atoms with Crippen molar-refractivity contribution in [1.82, 2.24) is 0 Å². The first-order valence-corrected chi connectivity index (χ1v) is 10.3. The van der Waals surface area contributed by atoms with E-state index in [-0.39, 0.29) is 4.90 Å². The third-order valence-corrected chi connectivity index (χ3v) is 5.11. The molecule has 1 aliphatic heterocycles. The van der Waals surface area contributed by atoms with E-state index in [0.717, 1.165) is 6.26 Å². The van der Waals surface area contributed by atoms with Crippen LogP contribution in [0.1, 0.15) is 6.92 Å². The highest BCUT2D eigenvalue weighted by atomic mass is 32.2. The molecule has 2 unspecified atom stereocenters. The fourth-order valence-corrected chi connectivity index (χ4v) is 3.21. The molecule has 2 aromatic rings. The highest BCUT2D eigenvalue weighted by molar-refractivity contribution is 7.90. The van der Waals surface area contributed by atoms with Gasteiger partial charge >= 0.3 is 5.97 Å². The van der Waals surface area contributed by atoms with Gasteiger partial charge in [0.25, 0.3) is 5.91 Å². The van der Waals surface area contributed by atoms with E-state index in [2.05, 4.69) is 5.32 Å². The summed E-state index contributed by atoms with van der Waals surface area (Å²) in [5, 5.41) is 2.52. The number of carbonyl (C=O) groups excluding carboxylic acids is 2. The molecule has 0 aliphatic carbocycles. The van der Waals surface area contributed by atoms with Gasteiger partial charge in [0.1, 0.15) is 6.10 Å². The van der Waals surface area contributed by atoms with Gasteiger partial charge in [-0.3, -0.25) is 4.79 Å². The number of anilines is 1. The summed E-state index contributed by atoms with van der Waals surface area (Å²) in [4.78, 5) is 24.4. The largest absolute Gasteiger partial charge is 0.482 e. The summed E-state index contributed by atoms with van der Waals surface area (Å²) in [6.45, 7) is 1.16. The predicted molar refractivity (Wildman–Crippen MR) is 100 cm³/mol. The number of sulfone groups is 1. The van der Waals surface area contributed by atoms with E-state index in [1.165, 1.54) is 24.3 Å². The lowest BCUT2D eigenvalue weighted by Crippen LogP contribution is -2.45. The second-order valence-electron chi connectivity index (χ2n) is 6.26. The van der Waals surface area contributed by atoms with E-state index in [1.54, 1.807) is 31.2 Å². The summed E-state index contributed by atoms with van der Waals surface area (Å²) in [5.74, 6) is -0.317. The molecule has 2 aromatic carbocycles. The van der Waals surface area contributed by atoms with Crippen LogP contribution in [0.4, 0.5) is 5.69 Å². The Kier molecular flexibility index (Phi) is 5.55. The fraction of sp³-hybridized carbons (Fsp3) is 0.263. The lowest BCUT2D eigenvalue weighted by Gasteiger charge is -2.30. The van der Waals surface area contributed by atoms with Crippen LogP contribution < -0.4 is 14.8 Å². The van der Waals surface area contributed by atoms with Gasteiger partial charge in [-0.25, -0.2) is 13.2 Å². The van der Waals surface area contributed by atoms with Crippen molar-refractivity contribution in [2.45, 2.75) is 24.0 Å². The molecule has 28 heavy (non-hydrogen) atoms. The summed E-state index contributed by atoms with van der Waals surface area (Å²) in [6, 6.07) is 12.6. The zero-order chi connectivity index (χ0) is 20.3. The maximum absolute atomic E-state index is 12.3. The molecular weight excluding hydrogens is 386 g/mol. The van der Waals surface area contributed by atoms with Gasteiger partial charge in [0.05, 0.1) is 4.90 Å². The van der Waals surface area contributed by atoms with E-state index < -0.39 is 40.5 Å². The predicted octanol–water partition coefficient (Wildman–Crippen LogP) is 1.80. The van der Waals surface area contributed by atoms with Crippen LogP contribution in [0.2, 0.25) is 0 Å². The molecule has 0 aromatic heterocycles. The molecule has 0 fully saturated rings. The van der Waals surface area contributed by atoms with Gasteiger partial charge in [0, 0.05) is 11.9 Å². The molecule has 2 atom stereocenters. The first kappa shape index (κ1) is 19.7. The number of nitrogens with one attached hydrogen (secondary N) is 1. The lowest BCUT2D eigenvalue weighted by atomic mass is 10.2. The molecule has 148 valence electrons. The van der Waals surface area contributed by atoms with E-state index in [9.17, 15) is 18.0 Å². The van der Waals surface area contributed by atoms with E-state index >= 15 is 0 Å². The lowest BCUT2D eigenvalue weighted by molar-refractivity contribution is -0.159. The van der Waals surface area contributed by atoms with Gasteiger partial charge in [-0.1, -0.05) is 12.1 Å². The van der Waals surface area contributed by atoms with Gasteiger partial charge in [-0.15, -0.1) is 0 Å². The Morgan fingerprint density at radius 1 is 1.04 bits per heavy atom. The van der Waals surface area contributed by atoms with Gasteiger partial charge in [-0.2, -0.15) is 0 Å². The summed E-state index contributed by atoms with van der Waals surface area (Å²) in [7, 11) is -3.32. The topological polar surface area (TPSA) is 108 Å². The Balaban J connectivity index is 1.54. The number of amides is 1. The molecule has 1 N–H and O–H groups in total. The monoisotopic (exact) mass is 405 g/mol. The standard InChI is InChI=1S/C19H19NO7S/c1-12-18(27-16-6-4-3-5-15(16)26-12)19(22)25-11-17(21)20-13-7-9-14(10-8-13)28(2,23)24/h3-10,12,18H,11H2,1-2H3,(H,20,21). The maximum Gasteiger partial charge on any atom is 0.351 e. The molecule has 0 radical (unpaired) electrons. The molecular formula is C19H19NO7S. The molecule has 1 aliphatic rings. The van der Waals surface area contributed by atoms with Crippen LogP contribution in [-0.2, 0) is 24.2 Å². The normalized spacial score (nSPS) is 18.2. The molecule has 3 rings (SSSR count). The van der Waals surface area contributed by atoms with E-state index in [4.69, 9.17) is 14.2 Å². The average molecular weight is 405 g/mol. The minimum Gasteiger partial charge on any atom is -0.482 e. The van der Waals surface area contributed by atoms with Crippen LogP contribution in [0.5, 0.6) is 11.5 Å². The smallest absolute Gasteiger partial charge is 0.351 e. The first-order valence-electron chi connectivity index (χ1n) is 8.43. The number of esters is 1. The quantitative estimate of drug-likeness (QED) is 0.756. The Bertz CT molecular complexity index is 986. The van der Waals surface area contributed by atoms with Gasteiger partial charge in [-0.05, 0) is 43.3 Å². The number of hydrogen-bond donors (Lipinski definition) is 1. The molecule has 0 bridgehead atoms. The molecule has 0 saturated carbocycles. The summed E-state index contributed by atoms with van der Waals surface area (Å²) in [6.07, 6.45) is -0.470. The van der Waals surface area contributed by atoms with Crippen molar-refractivity contribution in [2.75, 3.05) is 18.2 Å². The fourth-order valence-electron chi connectivity index (χ4n) is 2.58. The van der Waals surface area contributed by atoms with Gasteiger partial charge in [0.2, 0.25) is 6.10 Å². The second-order valence-corrected chi connectivity index (χ2v) is 8.28. The molecule has 0 spiro atoms. The number of hydrogen-bond acceptors (Lipinski definition) is 7. The molecule has 8 nitrogen and oxygen atoms in total. The molecule has 0 saturated heterocycles. The highest BCUT2D eigenvalue weighted by Crippen LogP contribution is 2.33. The number of ether oxygens (including phenoxy) is 3. The van der Waals surface area contributed by atoms with Crippen molar-refractivity contribution >= 4 is 27.4 Å². The third-order valence-electron chi connectivity index (χ3n) is 3.99. The van der Waals surface area contributed by atoms with Crippen molar-refractivity contribution in [2.24, 2.45) is 0 Å². The van der Waals surface area contributed by atoms with E-state index in [0.29, 0.717) is 17.2 Å². The minimum atomic E-state index is -3.32. The molecule has 1 heterocycles. The summed E-state index contributed by atoms with van der Waals surface area (Å²) < 4.78 is 39.1. The van der Waals surface area contributed by atoms with Crippen LogP contribution in [0, 0.1) is 0 Å². The Hall–Kier alpha value is -3.07. The Labute approximate surface area is 162 Å².